The summed E-state index contributed by atoms with van der Waals surface area (Å²) in [6.45, 7) is 11.7. The van der Waals surface area contributed by atoms with Crippen LogP contribution in [0, 0.1) is 0 Å². The highest BCUT2D eigenvalue weighted by Gasteiger charge is 1.95. The molecule has 78 valence electrons. The van der Waals surface area contributed by atoms with E-state index in [2.05, 4.69) is 37.5 Å². The Kier molecular flexibility index (Phi) is 3.92. The lowest BCUT2D eigenvalue weighted by molar-refractivity contribution is 1.02. The number of nitrogens with one attached hydrogen (secondary N) is 1. The molecule has 0 aliphatic carbocycles. The zero-order chi connectivity index (χ0) is 11.3. The second kappa shape index (κ2) is 5.20. The highest BCUT2D eigenvalue weighted by atomic mass is 14.9. The summed E-state index contributed by atoms with van der Waals surface area (Å²) in [5, 5.41) is 3.08. The molecule has 0 bridgehead atoms. The van der Waals surface area contributed by atoms with Gasteiger partial charge in [0.15, 0.2) is 0 Å². The SMILES string of the molecule is C=C(C)NC(=C)/C=C(\C)c1ccccc1. The summed E-state index contributed by atoms with van der Waals surface area (Å²) in [5.41, 5.74) is 4.16. The molecule has 0 unspecified atom stereocenters. The molecule has 0 heterocycles. The van der Waals surface area contributed by atoms with Crippen LogP contribution in [0.3, 0.4) is 0 Å². The Labute approximate surface area is 91.8 Å². The fraction of sp³-hybridized carbons (Fsp3) is 0.143. The quantitative estimate of drug-likeness (QED) is 0.729. The Bertz CT molecular complexity index is 385. The standard InChI is InChI=1S/C14H17N/c1-11(2)15-13(4)10-12(3)14-8-6-5-7-9-14/h5-10,15H,1,4H2,2-3H3/b12-10+. The maximum atomic E-state index is 3.91. The Balaban J connectivity index is 2.76. The first-order chi connectivity index (χ1) is 7.09. The summed E-state index contributed by atoms with van der Waals surface area (Å²) in [6, 6.07) is 10.2. The van der Waals surface area contributed by atoms with E-state index in [1.807, 2.05) is 31.2 Å². The van der Waals surface area contributed by atoms with Gasteiger partial charge in [0.2, 0.25) is 0 Å². The summed E-state index contributed by atoms with van der Waals surface area (Å²) in [6.07, 6.45) is 2.02. The third-order valence-corrected chi connectivity index (χ3v) is 1.99. The van der Waals surface area contributed by atoms with Gasteiger partial charge in [-0.3, -0.25) is 0 Å². The van der Waals surface area contributed by atoms with Gasteiger partial charge in [-0.05, 0) is 31.1 Å². The van der Waals surface area contributed by atoms with Crippen LogP contribution >= 0.6 is 0 Å². The van der Waals surface area contributed by atoms with Gasteiger partial charge in [-0.15, -0.1) is 0 Å². The van der Waals surface area contributed by atoms with E-state index in [1.54, 1.807) is 0 Å². The highest BCUT2D eigenvalue weighted by Crippen LogP contribution is 2.14. The number of rotatable bonds is 4. The maximum absolute atomic E-state index is 3.91. The van der Waals surface area contributed by atoms with Gasteiger partial charge in [0.1, 0.15) is 0 Å². The molecule has 0 aromatic heterocycles. The largest absolute Gasteiger partial charge is 0.360 e. The van der Waals surface area contributed by atoms with Crippen LogP contribution in [0.2, 0.25) is 0 Å². The third-order valence-electron chi connectivity index (χ3n) is 1.99. The van der Waals surface area contributed by atoms with Gasteiger partial charge in [0, 0.05) is 11.4 Å². The van der Waals surface area contributed by atoms with Gasteiger partial charge in [0.05, 0.1) is 0 Å². The van der Waals surface area contributed by atoms with Crippen LogP contribution < -0.4 is 5.32 Å². The zero-order valence-corrected chi connectivity index (χ0v) is 9.38. The molecule has 1 rings (SSSR count). The molecule has 1 heteroatoms. The minimum Gasteiger partial charge on any atom is -0.360 e. The van der Waals surface area contributed by atoms with Gasteiger partial charge in [0.25, 0.3) is 0 Å². The van der Waals surface area contributed by atoms with E-state index in [9.17, 15) is 0 Å². The van der Waals surface area contributed by atoms with Crippen LogP contribution in [-0.2, 0) is 0 Å². The minimum absolute atomic E-state index is 0.865. The van der Waals surface area contributed by atoms with Crippen molar-refractivity contribution in [2.75, 3.05) is 0 Å². The van der Waals surface area contributed by atoms with Crippen molar-refractivity contribution in [3.63, 3.8) is 0 Å². The molecule has 0 aliphatic rings. The Hall–Kier alpha value is -1.76. The zero-order valence-electron chi connectivity index (χ0n) is 9.38. The van der Waals surface area contributed by atoms with Gasteiger partial charge < -0.3 is 5.32 Å². The van der Waals surface area contributed by atoms with Crippen LogP contribution in [0.1, 0.15) is 19.4 Å². The molecule has 0 aliphatic heterocycles. The fourth-order valence-corrected chi connectivity index (χ4v) is 1.36. The summed E-state index contributed by atoms with van der Waals surface area (Å²) in [5.74, 6) is 0. The molecular formula is C14H17N. The van der Waals surface area contributed by atoms with Crippen molar-refractivity contribution in [3.05, 3.63) is 66.5 Å². The van der Waals surface area contributed by atoms with Crippen LogP contribution in [-0.4, -0.2) is 0 Å². The molecule has 15 heavy (non-hydrogen) atoms. The van der Waals surface area contributed by atoms with Crippen molar-refractivity contribution in [3.8, 4) is 0 Å². The average Bonchev–Trinajstić information content (AvgIpc) is 2.17. The summed E-state index contributed by atoms with van der Waals surface area (Å²) in [7, 11) is 0. The number of allylic oxidation sites excluding steroid dienone is 3. The number of hydrogen-bond acceptors (Lipinski definition) is 1. The van der Waals surface area contributed by atoms with Gasteiger partial charge in [-0.2, -0.15) is 0 Å². The molecule has 0 saturated carbocycles. The molecule has 0 radical (unpaired) electrons. The molecule has 0 fully saturated rings. The van der Waals surface area contributed by atoms with E-state index in [4.69, 9.17) is 0 Å². The predicted octanol–water partition coefficient (Wildman–Crippen LogP) is 3.73. The van der Waals surface area contributed by atoms with Crippen molar-refractivity contribution in [2.45, 2.75) is 13.8 Å². The summed E-state index contributed by atoms with van der Waals surface area (Å²) < 4.78 is 0. The van der Waals surface area contributed by atoms with E-state index in [-0.39, 0.29) is 0 Å². The predicted molar refractivity (Wildman–Crippen MR) is 67.2 cm³/mol. The lowest BCUT2D eigenvalue weighted by Gasteiger charge is -2.06. The van der Waals surface area contributed by atoms with Gasteiger partial charge in [-0.25, -0.2) is 0 Å². The second-order valence-electron chi connectivity index (χ2n) is 3.62. The molecule has 1 nitrogen and oxygen atoms in total. The first-order valence-corrected chi connectivity index (χ1v) is 4.95. The monoisotopic (exact) mass is 199 g/mol. The Morgan fingerprint density at radius 3 is 2.27 bits per heavy atom. The van der Waals surface area contributed by atoms with E-state index in [0.29, 0.717) is 0 Å². The van der Waals surface area contributed by atoms with E-state index in [1.165, 1.54) is 11.1 Å². The lowest BCUT2D eigenvalue weighted by atomic mass is 10.1. The van der Waals surface area contributed by atoms with Crippen LogP contribution in [0.5, 0.6) is 0 Å². The Morgan fingerprint density at radius 2 is 1.73 bits per heavy atom. The molecule has 0 spiro atoms. The molecule has 1 aromatic carbocycles. The van der Waals surface area contributed by atoms with Crippen molar-refractivity contribution >= 4 is 5.57 Å². The van der Waals surface area contributed by atoms with E-state index < -0.39 is 0 Å². The average molecular weight is 199 g/mol. The van der Waals surface area contributed by atoms with Crippen LogP contribution in [0.15, 0.2) is 61.0 Å². The first kappa shape index (κ1) is 11.3. The topological polar surface area (TPSA) is 12.0 Å². The first-order valence-electron chi connectivity index (χ1n) is 4.95. The molecule has 0 amide bonds. The molecule has 0 saturated heterocycles. The number of hydrogen-bond donors (Lipinski definition) is 1. The van der Waals surface area contributed by atoms with Crippen molar-refractivity contribution in [1.82, 2.24) is 5.32 Å². The van der Waals surface area contributed by atoms with E-state index in [0.717, 1.165) is 11.4 Å². The molecular weight excluding hydrogens is 182 g/mol. The van der Waals surface area contributed by atoms with E-state index >= 15 is 0 Å². The summed E-state index contributed by atoms with van der Waals surface area (Å²) in [4.78, 5) is 0. The van der Waals surface area contributed by atoms with Crippen molar-refractivity contribution < 1.29 is 0 Å². The second-order valence-corrected chi connectivity index (χ2v) is 3.62. The van der Waals surface area contributed by atoms with Crippen molar-refractivity contribution in [2.24, 2.45) is 0 Å². The fourth-order valence-electron chi connectivity index (χ4n) is 1.36. The number of benzene rings is 1. The van der Waals surface area contributed by atoms with Gasteiger partial charge in [-0.1, -0.05) is 43.5 Å². The highest BCUT2D eigenvalue weighted by molar-refractivity contribution is 5.65. The smallest absolute Gasteiger partial charge is 0.0311 e. The molecule has 0 atom stereocenters. The molecule has 1 aromatic rings. The third kappa shape index (κ3) is 3.86. The van der Waals surface area contributed by atoms with Crippen LogP contribution in [0.25, 0.3) is 5.57 Å². The molecule has 1 N–H and O–H groups in total. The normalized spacial score (nSPS) is 10.9. The minimum atomic E-state index is 0.865. The lowest BCUT2D eigenvalue weighted by Crippen LogP contribution is -2.06. The summed E-state index contributed by atoms with van der Waals surface area (Å²) >= 11 is 0. The van der Waals surface area contributed by atoms with Gasteiger partial charge >= 0.3 is 0 Å². The van der Waals surface area contributed by atoms with Crippen molar-refractivity contribution in [1.29, 1.82) is 0 Å². The maximum Gasteiger partial charge on any atom is 0.0311 e. The Morgan fingerprint density at radius 1 is 1.13 bits per heavy atom. The van der Waals surface area contributed by atoms with Crippen LogP contribution in [0.4, 0.5) is 0 Å².